The van der Waals surface area contributed by atoms with Gasteiger partial charge in [0.1, 0.15) is 11.3 Å². The van der Waals surface area contributed by atoms with Crippen LogP contribution in [0.15, 0.2) is 97.1 Å². The van der Waals surface area contributed by atoms with Crippen molar-refractivity contribution in [1.29, 1.82) is 0 Å². The molecule has 1 atom stereocenters. The lowest BCUT2D eigenvalue weighted by atomic mass is 9.85. The van der Waals surface area contributed by atoms with Crippen LogP contribution < -0.4 is 0 Å². The number of carbonyl (C=O) groups is 1. The Morgan fingerprint density at radius 1 is 0.935 bits per heavy atom. The number of fused-ring (bicyclic) bond motifs is 1. The van der Waals surface area contributed by atoms with Crippen LogP contribution in [0.5, 0.6) is 0 Å². The van der Waals surface area contributed by atoms with Gasteiger partial charge in [-0.05, 0) is 53.3 Å². The summed E-state index contributed by atoms with van der Waals surface area (Å²) in [4.78, 5) is 25.9. The summed E-state index contributed by atoms with van der Waals surface area (Å²) in [5, 5.41) is 15.2. The zero-order chi connectivity index (χ0) is 31.6. The molecule has 0 saturated heterocycles. The monoisotopic (exact) mass is 608 g/mol. The number of aromatic nitrogens is 7. The highest BCUT2D eigenvalue weighted by Crippen LogP contribution is 2.36. The topological polar surface area (TPSA) is 105 Å². The first-order valence-electron chi connectivity index (χ1n) is 15.7. The third-order valence-electron chi connectivity index (χ3n) is 8.85. The molecule has 0 spiro atoms. The van der Waals surface area contributed by atoms with Gasteiger partial charge in [-0.1, -0.05) is 103 Å². The Morgan fingerprint density at radius 3 is 2.26 bits per heavy atom. The lowest BCUT2D eigenvalue weighted by molar-refractivity contribution is -0.131. The van der Waals surface area contributed by atoms with Gasteiger partial charge in [0.05, 0.1) is 18.4 Å². The van der Waals surface area contributed by atoms with Crippen molar-refractivity contribution in [1.82, 2.24) is 40.1 Å². The van der Waals surface area contributed by atoms with E-state index in [4.69, 9.17) is 9.97 Å². The van der Waals surface area contributed by atoms with Crippen molar-refractivity contribution in [2.75, 3.05) is 13.1 Å². The summed E-state index contributed by atoms with van der Waals surface area (Å²) < 4.78 is 2.23. The molecule has 0 fully saturated rings. The molecule has 230 valence electrons. The number of aromatic amines is 1. The van der Waals surface area contributed by atoms with E-state index in [1.165, 1.54) is 0 Å². The van der Waals surface area contributed by atoms with E-state index >= 15 is 0 Å². The molecule has 0 aliphatic carbocycles. The maximum Gasteiger partial charge on any atom is 0.234 e. The molecule has 3 aromatic heterocycles. The largest absolute Gasteiger partial charge is 0.337 e. The molecule has 1 aliphatic rings. The summed E-state index contributed by atoms with van der Waals surface area (Å²) in [6, 6.07) is 30.7. The molecule has 7 rings (SSSR count). The summed E-state index contributed by atoms with van der Waals surface area (Å²) in [6.45, 7) is 7.89. The molecule has 1 aliphatic heterocycles. The predicted octanol–water partition coefficient (Wildman–Crippen LogP) is 6.01. The molecule has 1 amide bonds. The SMILES string of the molecule is CCc1nc2c(C)cc(C)nc2n1Cc1ccc(C2=CCN(C(=O)C(c3ccccc3)c3ccccc3)CC2c2nn[nH]n2)cc1. The summed E-state index contributed by atoms with van der Waals surface area (Å²) in [6.07, 6.45) is 2.97. The number of benzene rings is 3. The van der Waals surface area contributed by atoms with E-state index in [-0.39, 0.29) is 11.8 Å². The molecule has 0 bridgehead atoms. The number of H-pyrrole nitrogens is 1. The van der Waals surface area contributed by atoms with Crippen LogP contribution in [0.25, 0.3) is 16.7 Å². The Labute approximate surface area is 268 Å². The zero-order valence-electron chi connectivity index (χ0n) is 26.3. The fraction of sp³-hybridized carbons (Fsp3) is 0.243. The standard InChI is InChI=1S/C37H36N8O/c1-4-32-39-34-24(2)21-25(3)38-36(34)45(32)22-26-15-17-27(18-16-26)30-19-20-44(23-31(30)35-40-42-43-41-35)37(46)33(28-11-7-5-8-12-28)29-13-9-6-10-14-29/h5-19,21,31,33H,4,20,22-23H2,1-3H3,(H,40,41,42,43). The molecule has 1 N–H and O–H groups in total. The second kappa shape index (κ2) is 12.5. The number of amides is 1. The van der Waals surface area contributed by atoms with Crippen molar-refractivity contribution >= 4 is 22.6 Å². The molecule has 6 aromatic rings. The Hall–Kier alpha value is -5.44. The second-order valence-electron chi connectivity index (χ2n) is 11.9. The lowest BCUT2D eigenvalue weighted by Crippen LogP contribution is -2.41. The number of imidazole rings is 1. The smallest absolute Gasteiger partial charge is 0.234 e. The third-order valence-corrected chi connectivity index (χ3v) is 8.85. The number of nitrogens with one attached hydrogen (secondary N) is 1. The highest BCUT2D eigenvalue weighted by atomic mass is 16.2. The van der Waals surface area contributed by atoms with Crippen molar-refractivity contribution in [2.45, 2.75) is 45.6 Å². The number of rotatable bonds is 8. The summed E-state index contributed by atoms with van der Waals surface area (Å²) in [5.74, 6) is 1.01. The minimum absolute atomic E-state index is 0.0508. The molecule has 3 aromatic carbocycles. The fourth-order valence-electron chi connectivity index (χ4n) is 6.60. The van der Waals surface area contributed by atoms with Gasteiger partial charge in [-0.3, -0.25) is 4.79 Å². The molecule has 46 heavy (non-hydrogen) atoms. The molecular formula is C37H36N8O. The third kappa shape index (κ3) is 5.60. The van der Waals surface area contributed by atoms with Crippen LogP contribution in [0.1, 0.15) is 63.9 Å². The molecule has 0 saturated carbocycles. The Balaban J connectivity index is 1.18. The number of hydrogen-bond acceptors (Lipinski definition) is 6. The van der Waals surface area contributed by atoms with Crippen LogP contribution in [0.3, 0.4) is 0 Å². The average Bonchev–Trinajstić information content (AvgIpc) is 3.75. The summed E-state index contributed by atoms with van der Waals surface area (Å²) in [5.41, 5.74) is 9.30. The normalized spacial score (nSPS) is 15.0. The maximum atomic E-state index is 14.3. The van der Waals surface area contributed by atoms with Crippen LogP contribution >= 0.6 is 0 Å². The lowest BCUT2D eigenvalue weighted by Gasteiger charge is -2.34. The van der Waals surface area contributed by atoms with Crippen molar-refractivity contribution in [3.8, 4) is 0 Å². The maximum absolute atomic E-state index is 14.3. The minimum atomic E-state index is -0.406. The van der Waals surface area contributed by atoms with Crippen LogP contribution in [0.4, 0.5) is 0 Å². The number of hydrogen-bond donors (Lipinski definition) is 1. The summed E-state index contributed by atoms with van der Waals surface area (Å²) in [7, 11) is 0. The van der Waals surface area contributed by atoms with Gasteiger partial charge in [0.2, 0.25) is 5.91 Å². The highest BCUT2D eigenvalue weighted by molar-refractivity contribution is 5.88. The Bertz CT molecular complexity index is 1960. The van der Waals surface area contributed by atoms with Crippen molar-refractivity contribution in [3.63, 3.8) is 0 Å². The van der Waals surface area contributed by atoms with E-state index in [1.807, 2.05) is 72.5 Å². The molecule has 4 heterocycles. The van der Waals surface area contributed by atoms with E-state index in [9.17, 15) is 4.79 Å². The molecule has 1 unspecified atom stereocenters. The van der Waals surface area contributed by atoms with Crippen LogP contribution in [-0.4, -0.2) is 59.1 Å². The number of carbonyl (C=O) groups excluding carboxylic acids is 1. The van der Waals surface area contributed by atoms with Crippen LogP contribution in [0, 0.1) is 13.8 Å². The first-order valence-corrected chi connectivity index (χ1v) is 15.7. The van der Waals surface area contributed by atoms with Gasteiger partial charge in [0.15, 0.2) is 11.5 Å². The molecule has 9 nitrogen and oxygen atoms in total. The summed E-state index contributed by atoms with van der Waals surface area (Å²) >= 11 is 0. The van der Waals surface area contributed by atoms with Gasteiger partial charge in [-0.15, -0.1) is 10.2 Å². The highest BCUT2D eigenvalue weighted by Gasteiger charge is 2.34. The van der Waals surface area contributed by atoms with Crippen molar-refractivity contribution in [2.24, 2.45) is 0 Å². The number of tetrazole rings is 1. The van der Waals surface area contributed by atoms with Crippen molar-refractivity contribution in [3.05, 3.63) is 142 Å². The average molecular weight is 609 g/mol. The van der Waals surface area contributed by atoms with E-state index in [1.54, 1.807) is 0 Å². The fourth-order valence-corrected chi connectivity index (χ4v) is 6.60. The minimum Gasteiger partial charge on any atom is -0.337 e. The molecule has 9 heteroatoms. The van der Waals surface area contributed by atoms with Gasteiger partial charge in [0.25, 0.3) is 0 Å². The Kier molecular flexibility index (Phi) is 7.97. The van der Waals surface area contributed by atoms with Crippen molar-refractivity contribution < 1.29 is 4.79 Å². The van der Waals surface area contributed by atoms with E-state index in [0.29, 0.717) is 25.5 Å². The molecule has 0 radical (unpaired) electrons. The quantitative estimate of drug-likeness (QED) is 0.227. The van der Waals surface area contributed by atoms with Gasteiger partial charge in [0, 0.05) is 25.2 Å². The predicted molar refractivity (Wildman–Crippen MR) is 178 cm³/mol. The first-order chi connectivity index (χ1) is 22.5. The van der Waals surface area contributed by atoms with Gasteiger partial charge in [-0.2, -0.15) is 5.21 Å². The number of nitrogens with zero attached hydrogens (tertiary/aromatic N) is 7. The van der Waals surface area contributed by atoms with Gasteiger partial charge >= 0.3 is 0 Å². The molecular weight excluding hydrogens is 572 g/mol. The van der Waals surface area contributed by atoms with Gasteiger partial charge in [-0.25, -0.2) is 9.97 Å². The zero-order valence-corrected chi connectivity index (χ0v) is 26.3. The first kappa shape index (κ1) is 29.3. The second-order valence-corrected chi connectivity index (χ2v) is 11.9. The van der Waals surface area contributed by atoms with E-state index < -0.39 is 5.92 Å². The number of pyridine rings is 1. The number of aryl methyl sites for hydroxylation is 3. The van der Waals surface area contributed by atoms with E-state index in [0.717, 1.165) is 62.5 Å². The van der Waals surface area contributed by atoms with Crippen LogP contribution in [-0.2, 0) is 17.8 Å². The van der Waals surface area contributed by atoms with Gasteiger partial charge < -0.3 is 9.47 Å². The van der Waals surface area contributed by atoms with Crippen LogP contribution in [0.2, 0.25) is 0 Å². The van der Waals surface area contributed by atoms with E-state index in [2.05, 4.69) is 75.4 Å². The Morgan fingerprint density at radius 2 is 1.63 bits per heavy atom.